The maximum absolute atomic E-state index is 12.8. The third kappa shape index (κ3) is 5.57. The maximum atomic E-state index is 12.8. The Kier molecular flexibility index (Phi) is 7.55. The minimum absolute atomic E-state index is 0.0420. The number of halogens is 2. The van der Waals surface area contributed by atoms with Crippen molar-refractivity contribution in [1.82, 2.24) is 5.32 Å². The molecule has 1 fully saturated rings. The SMILES string of the molecule is COc1cc(C(C)NC(=O)c2cccc(OC)c2OC(F)F)ccc1OC1CCCC1. The minimum Gasteiger partial charge on any atom is -0.493 e. The third-order valence-electron chi connectivity index (χ3n) is 5.28. The number of methoxy groups -OCH3 is 2. The molecular formula is C23H27F2NO5. The number of rotatable bonds is 9. The van der Waals surface area contributed by atoms with Crippen LogP contribution in [-0.4, -0.2) is 32.8 Å². The van der Waals surface area contributed by atoms with Crippen LogP contribution in [0.1, 0.15) is 54.6 Å². The Morgan fingerprint density at radius 3 is 2.39 bits per heavy atom. The predicted molar refractivity (Wildman–Crippen MR) is 111 cm³/mol. The van der Waals surface area contributed by atoms with Crippen LogP contribution in [0.4, 0.5) is 8.78 Å². The molecule has 8 heteroatoms. The molecule has 31 heavy (non-hydrogen) atoms. The number of alkyl halides is 2. The summed E-state index contributed by atoms with van der Waals surface area (Å²) in [5, 5.41) is 2.81. The molecule has 0 aliphatic heterocycles. The standard InChI is InChI=1S/C23H27F2NO5/c1-14(15-11-12-18(20(13-15)29-3)30-16-7-4-5-8-16)26-22(27)17-9-6-10-19(28-2)21(17)31-23(24)25/h6,9-14,16,23H,4-5,7-8H2,1-3H3,(H,26,27). The molecule has 0 heterocycles. The zero-order valence-corrected chi connectivity index (χ0v) is 17.8. The highest BCUT2D eigenvalue weighted by molar-refractivity contribution is 5.98. The summed E-state index contributed by atoms with van der Waals surface area (Å²) in [5.41, 5.74) is 0.739. The first-order valence-electron chi connectivity index (χ1n) is 10.2. The van der Waals surface area contributed by atoms with Crippen molar-refractivity contribution >= 4 is 5.91 Å². The van der Waals surface area contributed by atoms with E-state index in [4.69, 9.17) is 14.2 Å². The summed E-state index contributed by atoms with van der Waals surface area (Å²) < 4.78 is 46.8. The van der Waals surface area contributed by atoms with E-state index in [-0.39, 0.29) is 23.2 Å². The van der Waals surface area contributed by atoms with Gasteiger partial charge in [-0.1, -0.05) is 12.1 Å². The Morgan fingerprint density at radius 2 is 1.74 bits per heavy atom. The first-order valence-corrected chi connectivity index (χ1v) is 10.2. The summed E-state index contributed by atoms with van der Waals surface area (Å²) in [5.74, 6) is 0.427. The number of para-hydroxylation sites is 1. The summed E-state index contributed by atoms with van der Waals surface area (Å²) >= 11 is 0. The molecule has 6 nitrogen and oxygen atoms in total. The number of nitrogens with one attached hydrogen (secondary N) is 1. The van der Waals surface area contributed by atoms with E-state index in [1.165, 1.54) is 25.3 Å². The lowest BCUT2D eigenvalue weighted by atomic mass is 10.1. The second-order valence-electron chi connectivity index (χ2n) is 7.35. The summed E-state index contributed by atoms with van der Waals surface area (Å²) in [6, 6.07) is 9.44. The van der Waals surface area contributed by atoms with Crippen LogP contribution < -0.4 is 24.3 Å². The van der Waals surface area contributed by atoms with Gasteiger partial charge in [0.1, 0.15) is 0 Å². The molecule has 1 saturated carbocycles. The van der Waals surface area contributed by atoms with Gasteiger partial charge in [0.25, 0.3) is 5.91 Å². The fraction of sp³-hybridized carbons (Fsp3) is 0.435. The summed E-state index contributed by atoms with van der Waals surface area (Å²) in [6.07, 6.45) is 4.57. The molecule has 1 N–H and O–H groups in total. The lowest BCUT2D eigenvalue weighted by molar-refractivity contribution is -0.0515. The zero-order valence-electron chi connectivity index (χ0n) is 17.8. The quantitative estimate of drug-likeness (QED) is 0.592. The van der Waals surface area contributed by atoms with Crippen LogP contribution in [0, 0.1) is 0 Å². The van der Waals surface area contributed by atoms with Crippen LogP contribution in [-0.2, 0) is 0 Å². The molecule has 1 amide bonds. The van der Waals surface area contributed by atoms with E-state index in [0.29, 0.717) is 11.5 Å². The van der Waals surface area contributed by atoms with Crippen molar-refractivity contribution < 1.29 is 32.5 Å². The molecule has 2 aromatic rings. The van der Waals surface area contributed by atoms with Crippen LogP contribution in [0.25, 0.3) is 0 Å². The molecule has 3 rings (SSSR count). The topological polar surface area (TPSA) is 66.0 Å². The van der Waals surface area contributed by atoms with Crippen molar-refractivity contribution in [2.24, 2.45) is 0 Å². The number of ether oxygens (including phenoxy) is 4. The molecule has 168 valence electrons. The zero-order chi connectivity index (χ0) is 22.4. The van der Waals surface area contributed by atoms with Crippen molar-refractivity contribution in [3.63, 3.8) is 0 Å². The van der Waals surface area contributed by atoms with Gasteiger partial charge in [-0.15, -0.1) is 0 Å². The molecule has 2 aromatic carbocycles. The van der Waals surface area contributed by atoms with Crippen molar-refractivity contribution in [3.05, 3.63) is 47.5 Å². The van der Waals surface area contributed by atoms with Gasteiger partial charge in [0.2, 0.25) is 0 Å². The van der Waals surface area contributed by atoms with Crippen molar-refractivity contribution in [1.29, 1.82) is 0 Å². The smallest absolute Gasteiger partial charge is 0.387 e. The fourth-order valence-electron chi connectivity index (χ4n) is 3.66. The Hall–Kier alpha value is -3.03. The molecule has 1 atom stereocenters. The van der Waals surface area contributed by atoms with E-state index < -0.39 is 18.6 Å². The Morgan fingerprint density at radius 1 is 1.03 bits per heavy atom. The Bertz CT molecular complexity index is 900. The molecule has 1 aliphatic carbocycles. The van der Waals surface area contributed by atoms with Gasteiger partial charge in [0, 0.05) is 0 Å². The van der Waals surface area contributed by atoms with Crippen LogP contribution in [0.3, 0.4) is 0 Å². The molecule has 0 radical (unpaired) electrons. The first kappa shape index (κ1) is 22.7. The van der Waals surface area contributed by atoms with E-state index >= 15 is 0 Å². The van der Waals surface area contributed by atoms with Gasteiger partial charge in [-0.3, -0.25) is 4.79 Å². The highest BCUT2D eigenvalue weighted by Gasteiger charge is 2.23. The van der Waals surface area contributed by atoms with Crippen LogP contribution in [0.2, 0.25) is 0 Å². The molecule has 0 aromatic heterocycles. The average Bonchev–Trinajstić information content (AvgIpc) is 3.26. The molecule has 0 bridgehead atoms. The van der Waals surface area contributed by atoms with Crippen molar-refractivity contribution in [2.45, 2.75) is 51.4 Å². The Labute approximate surface area is 180 Å². The number of benzene rings is 2. The molecular weight excluding hydrogens is 408 g/mol. The molecule has 1 aliphatic rings. The van der Waals surface area contributed by atoms with E-state index in [1.54, 1.807) is 20.1 Å². The minimum atomic E-state index is -3.09. The van der Waals surface area contributed by atoms with Gasteiger partial charge >= 0.3 is 6.61 Å². The van der Waals surface area contributed by atoms with Gasteiger partial charge in [-0.2, -0.15) is 8.78 Å². The first-order chi connectivity index (χ1) is 14.9. The van der Waals surface area contributed by atoms with Gasteiger partial charge < -0.3 is 24.3 Å². The maximum Gasteiger partial charge on any atom is 0.387 e. The number of amides is 1. The van der Waals surface area contributed by atoms with E-state index in [1.807, 2.05) is 12.1 Å². The molecule has 0 spiro atoms. The van der Waals surface area contributed by atoms with Crippen molar-refractivity contribution in [3.8, 4) is 23.0 Å². The van der Waals surface area contributed by atoms with Gasteiger partial charge in [-0.25, -0.2) is 0 Å². The van der Waals surface area contributed by atoms with E-state index in [0.717, 1.165) is 31.2 Å². The Balaban J connectivity index is 1.76. The number of carbonyl (C=O) groups is 1. The van der Waals surface area contributed by atoms with E-state index in [2.05, 4.69) is 10.1 Å². The van der Waals surface area contributed by atoms with E-state index in [9.17, 15) is 13.6 Å². The monoisotopic (exact) mass is 435 g/mol. The summed E-state index contributed by atoms with van der Waals surface area (Å²) in [6.45, 7) is -1.30. The number of hydrogen-bond acceptors (Lipinski definition) is 5. The average molecular weight is 435 g/mol. The summed E-state index contributed by atoms with van der Waals surface area (Å²) in [4.78, 5) is 12.8. The number of carbonyl (C=O) groups excluding carboxylic acids is 1. The van der Waals surface area contributed by atoms with Crippen molar-refractivity contribution in [2.75, 3.05) is 14.2 Å². The normalized spacial score (nSPS) is 14.9. The van der Waals surface area contributed by atoms with Gasteiger partial charge in [0.05, 0.1) is 31.9 Å². The lowest BCUT2D eigenvalue weighted by Gasteiger charge is -2.20. The third-order valence-corrected chi connectivity index (χ3v) is 5.28. The molecule has 0 saturated heterocycles. The second kappa shape index (κ2) is 10.3. The van der Waals surface area contributed by atoms with Crippen LogP contribution >= 0.6 is 0 Å². The lowest BCUT2D eigenvalue weighted by Crippen LogP contribution is -2.27. The van der Waals surface area contributed by atoms with Gasteiger partial charge in [-0.05, 0) is 62.4 Å². The highest BCUT2D eigenvalue weighted by atomic mass is 19.3. The van der Waals surface area contributed by atoms with Crippen LogP contribution in [0.15, 0.2) is 36.4 Å². The second-order valence-corrected chi connectivity index (χ2v) is 7.35. The largest absolute Gasteiger partial charge is 0.493 e. The van der Waals surface area contributed by atoms with Gasteiger partial charge in [0.15, 0.2) is 23.0 Å². The summed E-state index contributed by atoms with van der Waals surface area (Å²) in [7, 11) is 2.88. The molecule has 1 unspecified atom stereocenters. The predicted octanol–water partition coefficient (Wildman–Crippen LogP) is 5.12. The highest BCUT2D eigenvalue weighted by Crippen LogP contribution is 2.35. The van der Waals surface area contributed by atoms with Crippen LogP contribution in [0.5, 0.6) is 23.0 Å². The fourth-order valence-corrected chi connectivity index (χ4v) is 3.66. The number of hydrogen-bond donors (Lipinski definition) is 1.